The lowest BCUT2D eigenvalue weighted by Crippen LogP contribution is -2.51. The second-order valence-electron chi connectivity index (χ2n) is 6.84. The molecule has 1 N–H and O–H groups in total. The van der Waals surface area contributed by atoms with Crippen molar-refractivity contribution in [2.24, 2.45) is 11.8 Å². The normalized spacial score (nSPS) is 27.1. The molecule has 0 spiro atoms. The summed E-state index contributed by atoms with van der Waals surface area (Å²) in [5.74, 6) is -3.23. The molecule has 2 aliphatic rings. The zero-order valence-corrected chi connectivity index (χ0v) is 14.2. The van der Waals surface area contributed by atoms with Crippen LogP contribution >= 0.6 is 12.4 Å². The van der Waals surface area contributed by atoms with Gasteiger partial charge in [0.2, 0.25) is 0 Å². The summed E-state index contributed by atoms with van der Waals surface area (Å²) in [7, 11) is 0. The summed E-state index contributed by atoms with van der Waals surface area (Å²) in [4.78, 5) is 0. The van der Waals surface area contributed by atoms with E-state index in [4.69, 9.17) is 0 Å². The van der Waals surface area contributed by atoms with Gasteiger partial charge in [0.25, 0.3) is 5.92 Å². The molecule has 1 aliphatic heterocycles. The third kappa shape index (κ3) is 2.55. The molecule has 2 fully saturated rings. The van der Waals surface area contributed by atoms with Gasteiger partial charge in [0.05, 0.1) is 0 Å². The van der Waals surface area contributed by atoms with Crippen LogP contribution in [0, 0.1) is 11.8 Å². The Labute approximate surface area is 147 Å². The summed E-state index contributed by atoms with van der Waals surface area (Å²) in [6, 6.07) is 20.5. The smallest absolute Gasteiger partial charge is 0.252 e. The molecule has 1 aliphatic carbocycles. The molecule has 1 saturated carbocycles. The first-order valence-corrected chi connectivity index (χ1v) is 8.34. The first-order chi connectivity index (χ1) is 11.1. The van der Waals surface area contributed by atoms with E-state index in [1.54, 1.807) is 0 Å². The van der Waals surface area contributed by atoms with Crippen LogP contribution in [0.25, 0.3) is 0 Å². The third-order valence-corrected chi connectivity index (χ3v) is 5.82. The standard InChI is InChI=1S/C20H21F2N.ClH/c21-20(22)12-11-19(15-7-3-1-4-8-15,16-9-5-2-6-10-16)17-13-23-14-18(17)20;/h1-10,17-18,23H,11-14H2;1H. The van der Waals surface area contributed by atoms with Gasteiger partial charge in [0, 0.05) is 24.3 Å². The fraction of sp³-hybridized carbons (Fsp3) is 0.400. The minimum absolute atomic E-state index is 0. The Balaban J connectivity index is 0.00000169. The van der Waals surface area contributed by atoms with Crippen LogP contribution in [0.15, 0.2) is 60.7 Å². The summed E-state index contributed by atoms with van der Waals surface area (Å²) >= 11 is 0. The Morgan fingerprint density at radius 1 is 0.750 bits per heavy atom. The van der Waals surface area contributed by atoms with E-state index < -0.39 is 11.8 Å². The van der Waals surface area contributed by atoms with Crippen molar-refractivity contribution in [3.05, 3.63) is 71.8 Å². The van der Waals surface area contributed by atoms with Gasteiger partial charge in [0.1, 0.15) is 0 Å². The summed E-state index contributed by atoms with van der Waals surface area (Å²) in [6.07, 6.45) is 0.455. The van der Waals surface area contributed by atoms with Gasteiger partial charge in [-0.15, -0.1) is 12.4 Å². The van der Waals surface area contributed by atoms with Crippen molar-refractivity contribution in [3.8, 4) is 0 Å². The van der Waals surface area contributed by atoms with Gasteiger partial charge in [-0.2, -0.15) is 0 Å². The van der Waals surface area contributed by atoms with E-state index >= 15 is 0 Å². The Morgan fingerprint density at radius 3 is 1.79 bits per heavy atom. The molecule has 1 heterocycles. The molecule has 2 aromatic carbocycles. The van der Waals surface area contributed by atoms with Gasteiger partial charge < -0.3 is 5.32 Å². The van der Waals surface area contributed by atoms with Crippen LogP contribution in [0.3, 0.4) is 0 Å². The second kappa shape index (κ2) is 6.45. The zero-order chi connectivity index (χ0) is 15.9. The average molecular weight is 350 g/mol. The Kier molecular flexibility index (Phi) is 4.67. The van der Waals surface area contributed by atoms with Crippen molar-refractivity contribution < 1.29 is 8.78 Å². The average Bonchev–Trinajstić information content (AvgIpc) is 3.09. The summed E-state index contributed by atoms with van der Waals surface area (Å²) in [6.45, 7) is 1.07. The lowest BCUT2D eigenvalue weighted by molar-refractivity contribution is -0.111. The number of benzene rings is 2. The van der Waals surface area contributed by atoms with Gasteiger partial charge in [-0.1, -0.05) is 60.7 Å². The SMILES string of the molecule is Cl.FC1(F)CCC(c2ccccc2)(c2ccccc2)C2CNCC21. The molecule has 4 heteroatoms. The van der Waals surface area contributed by atoms with Crippen LogP contribution < -0.4 is 5.32 Å². The van der Waals surface area contributed by atoms with Crippen molar-refractivity contribution in [2.45, 2.75) is 24.2 Å². The number of rotatable bonds is 2. The Morgan fingerprint density at radius 2 is 1.25 bits per heavy atom. The van der Waals surface area contributed by atoms with Gasteiger partial charge in [-0.25, -0.2) is 8.78 Å². The number of fused-ring (bicyclic) bond motifs is 1. The first kappa shape index (κ1) is 17.4. The van der Waals surface area contributed by atoms with Crippen molar-refractivity contribution in [1.29, 1.82) is 0 Å². The molecule has 128 valence electrons. The molecule has 0 aromatic heterocycles. The van der Waals surface area contributed by atoms with Gasteiger partial charge in [-0.3, -0.25) is 0 Å². The predicted molar refractivity (Wildman–Crippen MR) is 94.9 cm³/mol. The largest absolute Gasteiger partial charge is 0.316 e. The number of nitrogens with one attached hydrogen (secondary N) is 1. The lowest BCUT2D eigenvalue weighted by Gasteiger charge is -2.49. The Bertz CT molecular complexity index is 635. The fourth-order valence-electron chi connectivity index (χ4n) is 4.73. The number of halogens is 3. The molecular formula is C20H22ClF2N. The van der Waals surface area contributed by atoms with Gasteiger partial charge in [-0.05, 0) is 30.0 Å². The molecule has 2 aromatic rings. The highest BCUT2D eigenvalue weighted by molar-refractivity contribution is 5.85. The van der Waals surface area contributed by atoms with E-state index in [2.05, 4.69) is 29.6 Å². The predicted octanol–water partition coefficient (Wildman–Crippen LogP) is 4.66. The minimum Gasteiger partial charge on any atom is -0.316 e. The summed E-state index contributed by atoms with van der Waals surface area (Å²) in [5, 5.41) is 3.23. The first-order valence-electron chi connectivity index (χ1n) is 8.34. The zero-order valence-electron chi connectivity index (χ0n) is 13.4. The van der Waals surface area contributed by atoms with Crippen LogP contribution in [0.5, 0.6) is 0 Å². The van der Waals surface area contributed by atoms with Crippen molar-refractivity contribution >= 4 is 12.4 Å². The maximum absolute atomic E-state index is 14.5. The molecule has 1 saturated heterocycles. The van der Waals surface area contributed by atoms with Gasteiger partial charge >= 0.3 is 0 Å². The quantitative estimate of drug-likeness (QED) is 0.831. The van der Waals surface area contributed by atoms with E-state index in [0.717, 1.165) is 0 Å². The third-order valence-electron chi connectivity index (χ3n) is 5.82. The number of hydrogen-bond donors (Lipinski definition) is 1. The topological polar surface area (TPSA) is 12.0 Å². The van der Waals surface area contributed by atoms with E-state index in [1.165, 1.54) is 11.1 Å². The number of hydrogen-bond acceptors (Lipinski definition) is 1. The fourth-order valence-corrected chi connectivity index (χ4v) is 4.73. The highest BCUT2D eigenvalue weighted by Gasteiger charge is 2.59. The summed E-state index contributed by atoms with van der Waals surface area (Å²) < 4.78 is 29.0. The minimum atomic E-state index is -2.57. The van der Waals surface area contributed by atoms with Crippen LogP contribution in [0.2, 0.25) is 0 Å². The van der Waals surface area contributed by atoms with E-state index in [1.807, 2.05) is 36.4 Å². The molecule has 0 bridgehead atoms. The second-order valence-corrected chi connectivity index (χ2v) is 6.84. The molecule has 24 heavy (non-hydrogen) atoms. The van der Waals surface area contributed by atoms with E-state index in [9.17, 15) is 8.78 Å². The van der Waals surface area contributed by atoms with Crippen LogP contribution in [-0.2, 0) is 5.41 Å². The molecule has 1 nitrogen and oxygen atoms in total. The number of alkyl halides is 2. The van der Waals surface area contributed by atoms with E-state index in [0.29, 0.717) is 19.5 Å². The van der Waals surface area contributed by atoms with Crippen molar-refractivity contribution in [2.75, 3.05) is 13.1 Å². The summed E-state index contributed by atoms with van der Waals surface area (Å²) in [5.41, 5.74) is 2.01. The molecular weight excluding hydrogens is 328 g/mol. The highest BCUT2D eigenvalue weighted by atomic mass is 35.5. The molecule has 0 amide bonds. The maximum atomic E-state index is 14.5. The monoisotopic (exact) mass is 349 g/mol. The van der Waals surface area contributed by atoms with Gasteiger partial charge in [0.15, 0.2) is 0 Å². The lowest BCUT2D eigenvalue weighted by atomic mass is 9.55. The molecule has 0 radical (unpaired) electrons. The molecule has 2 atom stereocenters. The van der Waals surface area contributed by atoms with Crippen LogP contribution in [0.1, 0.15) is 24.0 Å². The Hall–Kier alpha value is -1.45. The van der Waals surface area contributed by atoms with Crippen molar-refractivity contribution in [1.82, 2.24) is 5.32 Å². The van der Waals surface area contributed by atoms with Crippen LogP contribution in [0.4, 0.5) is 8.78 Å². The highest BCUT2D eigenvalue weighted by Crippen LogP contribution is 2.56. The van der Waals surface area contributed by atoms with Crippen LogP contribution in [-0.4, -0.2) is 19.0 Å². The molecule has 4 rings (SSSR count). The maximum Gasteiger partial charge on any atom is 0.252 e. The molecule has 2 unspecified atom stereocenters. The van der Waals surface area contributed by atoms with Crippen molar-refractivity contribution in [3.63, 3.8) is 0 Å². The van der Waals surface area contributed by atoms with E-state index in [-0.39, 0.29) is 30.2 Å².